The van der Waals surface area contributed by atoms with Gasteiger partial charge in [0.1, 0.15) is 6.10 Å². The van der Waals surface area contributed by atoms with Crippen LogP contribution in [0.2, 0.25) is 0 Å². The third-order valence-corrected chi connectivity index (χ3v) is 10.7. The molecular formula is C26H35NO2S. The van der Waals surface area contributed by atoms with E-state index >= 15 is 0 Å². The zero-order chi connectivity index (χ0) is 20.9. The monoisotopic (exact) mass is 425 g/mol. The number of pyridine rings is 1. The minimum absolute atomic E-state index is 0.0952. The third kappa shape index (κ3) is 3.34. The number of thioether (sulfide) groups is 1. The van der Waals surface area contributed by atoms with Gasteiger partial charge in [0.25, 0.3) is 0 Å². The van der Waals surface area contributed by atoms with Crippen molar-refractivity contribution in [1.29, 1.82) is 0 Å². The highest BCUT2D eigenvalue weighted by Gasteiger charge is 2.58. The van der Waals surface area contributed by atoms with Crippen molar-refractivity contribution in [3.05, 3.63) is 36.0 Å². The molecule has 0 aliphatic heterocycles. The van der Waals surface area contributed by atoms with E-state index in [9.17, 15) is 4.79 Å². The number of rotatable bonds is 3. The van der Waals surface area contributed by atoms with Gasteiger partial charge >= 0.3 is 5.97 Å². The van der Waals surface area contributed by atoms with Crippen LogP contribution >= 0.6 is 11.8 Å². The molecule has 162 valence electrons. The van der Waals surface area contributed by atoms with Gasteiger partial charge in [-0.3, -0.25) is 4.79 Å². The Hall–Kier alpha value is -1.29. The van der Waals surface area contributed by atoms with Crippen molar-refractivity contribution in [2.75, 3.05) is 0 Å². The molecule has 3 nitrogen and oxygen atoms in total. The highest BCUT2D eigenvalue weighted by Crippen LogP contribution is 2.66. The smallest absolute Gasteiger partial charge is 0.302 e. The minimum Gasteiger partial charge on any atom is -0.462 e. The van der Waals surface area contributed by atoms with Crippen LogP contribution in [0.15, 0.2) is 41.1 Å². The molecule has 0 unspecified atom stereocenters. The van der Waals surface area contributed by atoms with Crippen LogP contribution in [-0.4, -0.2) is 22.3 Å². The molecule has 3 fully saturated rings. The summed E-state index contributed by atoms with van der Waals surface area (Å²) in [5, 5.41) is 1.88. The molecule has 0 spiro atoms. The molecule has 0 bridgehead atoms. The lowest BCUT2D eigenvalue weighted by atomic mass is 9.48. The number of hydrogen-bond donors (Lipinski definition) is 0. The molecular weight excluding hydrogens is 390 g/mol. The van der Waals surface area contributed by atoms with Gasteiger partial charge in [0.2, 0.25) is 0 Å². The Morgan fingerprint density at radius 1 is 1.13 bits per heavy atom. The Balaban J connectivity index is 1.35. The van der Waals surface area contributed by atoms with Crippen LogP contribution in [0.25, 0.3) is 0 Å². The maximum Gasteiger partial charge on any atom is 0.302 e. The molecule has 0 saturated heterocycles. The first-order chi connectivity index (χ1) is 14.4. The van der Waals surface area contributed by atoms with Crippen molar-refractivity contribution < 1.29 is 9.53 Å². The average Bonchev–Trinajstić information content (AvgIpc) is 3.05. The normalized spacial score (nSPS) is 42.5. The zero-order valence-electron chi connectivity index (χ0n) is 18.6. The molecule has 0 aromatic carbocycles. The molecule has 4 heteroatoms. The number of carbonyl (C=O) groups excluding carboxylic acids is 1. The summed E-state index contributed by atoms with van der Waals surface area (Å²) >= 11 is 2.03. The summed E-state index contributed by atoms with van der Waals surface area (Å²) in [4.78, 5) is 16.1. The molecule has 5 rings (SSSR count). The second-order valence-corrected chi connectivity index (χ2v) is 11.9. The molecule has 7 atom stereocenters. The van der Waals surface area contributed by atoms with Crippen molar-refractivity contribution >= 4 is 17.7 Å². The minimum atomic E-state index is -0.131. The van der Waals surface area contributed by atoms with Gasteiger partial charge in [-0.1, -0.05) is 31.6 Å². The van der Waals surface area contributed by atoms with Gasteiger partial charge < -0.3 is 4.74 Å². The number of hydrogen-bond acceptors (Lipinski definition) is 4. The highest BCUT2D eigenvalue weighted by molar-refractivity contribution is 7.99. The van der Waals surface area contributed by atoms with Crippen molar-refractivity contribution in [3.63, 3.8) is 0 Å². The van der Waals surface area contributed by atoms with E-state index in [0.29, 0.717) is 16.1 Å². The number of fused-ring (bicyclic) bond motifs is 5. The predicted molar refractivity (Wildman–Crippen MR) is 121 cm³/mol. The second kappa shape index (κ2) is 7.69. The predicted octanol–water partition coefficient (Wildman–Crippen LogP) is 6.44. The lowest BCUT2D eigenvalue weighted by Gasteiger charge is -2.58. The van der Waals surface area contributed by atoms with Crippen LogP contribution in [0.5, 0.6) is 0 Å². The second-order valence-electron chi connectivity index (χ2n) is 10.6. The molecule has 1 aromatic rings. The van der Waals surface area contributed by atoms with Crippen LogP contribution in [0.1, 0.15) is 72.1 Å². The van der Waals surface area contributed by atoms with E-state index in [-0.39, 0.29) is 12.1 Å². The quantitative estimate of drug-likeness (QED) is 0.413. The van der Waals surface area contributed by atoms with Crippen LogP contribution in [-0.2, 0) is 9.53 Å². The topological polar surface area (TPSA) is 39.2 Å². The summed E-state index contributed by atoms with van der Waals surface area (Å²) in [6.45, 7) is 6.65. The van der Waals surface area contributed by atoms with Gasteiger partial charge in [-0.2, -0.15) is 0 Å². The Labute approximate surface area is 185 Å². The van der Waals surface area contributed by atoms with Crippen LogP contribution < -0.4 is 0 Å². The van der Waals surface area contributed by atoms with Gasteiger partial charge in [0, 0.05) is 24.8 Å². The van der Waals surface area contributed by atoms with Crippen LogP contribution in [0, 0.1) is 28.6 Å². The summed E-state index contributed by atoms with van der Waals surface area (Å²) in [7, 11) is 0. The standard InChI is InChI=1S/C26H35NO2S/c1-17(28)29-19-11-13-25(2)18(16-19)7-8-20-21-9-10-23(26(21,3)14-12-22(20)25)30-24-6-4-5-15-27-24/h4-7,15,19-23H,8-14,16H2,1-3H3/t19-,20-,21-,22-,23-,25-,26-/m0/s1. The van der Waals surface area contributed by atoms with E-state index in [1.54, 1.807) is 12.5 Å². The molecule has 3 saturated carbocycles. The maximum atomic E-state index is 11.5. The van der Waals surface area contributed by atoms with E-state index < -0.39 is 0 Å². The Kier molecular flexibility index (Phi) is 5.28. The number of esters is 1. The SMILES string of the molecule is CC(=O)O[C@H]1CC[C@@]2(C)C(=CC[C@H]3[C@@H]4CC[C@H](Sc5ccccn5)[C@@]4(C)CC[C@@H]32)C1. The van der Waals surface area contributed by atoms with E-state index in [4.69, 9.17) is 4.74 Å². The van der Waals surface area contributed by atoms with Crippen molar-refractivity contribution in [2.45, 2.75) is 88.5 Å². The average molecular weight is 426 g/mol. The maximum absolute atomic E-state index is 11.5. The van der Waals surface area contributed by atoms with Crippen LogP contribution in [0.3, 0.4) is 0 Å². The summed E-state index contributed by atoms with van der Waals surface area (Å²) in [5.74, 6) is 2.32. The molecule has 0 amide bonds. The number of ether oxygens (including phenoxy) is 1. The Morgan fingerprint density at radius 3 is 2.77 bits per heavy atom. The Morgan fingerprint density at radius 2 is 2.00 bits per heavy atom. The van der Waals surface area contributed by atoms with E-state index in [1.807, 2.05) is 24.0 Å². The number of carbonyl (C=O) groups is 1. The highest BCUT2D eigenvalue weighted by atomic mass is 32.2. The lowest BCUT2D eigenvalue weighted by Crippen LogP contribution is -2.51. The molecule has 1 aromatic heterocycles. The molecule has 1 heterocycles. The molecule has 0 radical (unpaired) electrons. The Bertz CT molecular complexity index is 839. The van der Waals surface area contributed by atoms with Crippen molar-refractivity contribution in [2.24, 2.45) is 28.6 Å². The van der Waals surface area contributed by atoms with E-state index in [1.165, 1.54) is 43.6 Å². The van der Waals surface area contributed by atoms with Crippen molar-refractivity contribution in [1.82, 2.24) is 4.98 Å². The largest absolute Gasteiger partial charge is 0.462 e. The zero-order valence-corrected chi connectivity index (χ0v) is 19.4. The van der Waals surface area contributed by atoms with Gasteiger partial charge in [-0.15, -0.1) is 11.8 Å². The number of allylic oxidation sites excluding steroid dienone is 1. The third-order valence-electron chi connectivity index (χ3n) is 9.21. The first-order valence-electron chi connectivity index (χ1n) is 11.8. The summed E-state index contributed by atoms with van der Waals surface area (Å²) in [6.07, 6.45) is 14.4. The van der Waals surface area contributed by atoms with Crippen molar-refractivity contribution in [3.8, 4) is 0 Å². The lowest BCUT2D eigenvalue weighted by molar-refractivity contribution is -0.148. The fraction of sp³-hybridized carbons (Fsp3) is 0.692. The summed E-state index contributed by atoms with van der Waals surface area (Å²) in [5.41, 5.74) is 2.33. The van der Waals surface area contributed by atoms with E-state index in [0.717, 1.165) is 30.6 Å². The fourth-order valence-electron chi connectivity index (χ4n) is 7.67. The van der Waals surface area contributed by atoms with Gasteiger partial charge in [-0.25, -0.2) is 4.98 Å². The first kappa shape index (κ1) is 20.6. The summed E-state index contributed by atoms with van der Waals surface area (Å²) in [6, 6.07) is 6.30. The molecule has 4 aliphatic carbocycles. The first-order valence-corrected chi connectivity index (χ1v) is 12.7. The number of aromatic nitrogens is 1. The van der Waals surface area contributed by atoms with Gasteiger partial charge in [0.15, 0.2) is 0 Å². The molecule has 0 N–H and O–H groups in total. The molecule has 4 aliphatic rings. The van der Waals surface area contributed by atoms with E-state index in [2.05, 4.69) is 37.0 Å². The van der Waals surface area contributed by atoms with Gasteiger partial charge in [0.05, 0.1) is 5.03 Å². The molecule has 30 heavy (non-hydrogen) atoms. The van der Waals surface area contributed by atoms with Gasteiger partial charge in [-0.05, 0) is 85.7 Å². The number of nitrogens with zero attached hydrogens (tertiary/aromatic N) is 1. The fourth-order valence-corrected chi connectivity index (χ4v) is 9.06. The van der Waals surface area contributed by atoms with Crippen LogP contribution in [0.4, 0.5) is 0 Å². The summed E-state index contributed by atoms with van der Waals surface area (Å²) < 4.78 is 5.59.